The van der Waals surface area contributed by atoms with Gasteiger partial charge in [0.05, 0.1) is 19.0 Å². The molecule has 0 aliphatic carbocycles. The molecule has 0 saturated heterocycles. The van der Waals surface area contributed by atoms with Crippen LogP contribution in [0.1, 0.15) is 80.1 Å². The molecule has 1 aliphatic rings. The van der Waals surface area contributed by atoms with Crippen LogP contribution < -0.4 is 16.0 Å². The summed E-state index contributed by atoms with van der Waals surface area (Å²) in [5.41, 5.74) is 1.80. The summed E-state index contributed by atoms with van der Waals surface area (Å²) in [6, 6.07) is 12.8. The molecule has 2 aromatic carbocycles. The van der Waals surface area contributed by atoms with Gasteiger partial charge in [-0.1, -0.05) is 83.0 Å². The van der Waals surface area contributed by atoms with Crippen molar-refractivity contribution >= 4 is 52.3 Å². The van der Waals surface area contributed by atoms with Gasteiger partial charge in [0.1, 0.15) is 16.7 Å². The van der Waals surface area contributed by atoms with E-state index in [2.05, 4.69) is 20.9 Å². The fourth-order valence-corrected chi connectivity index (χ4v) is 6.17. The van der Waals surface area contributed by atoms with E-state index in [0.29, 0.717) is 27.7 Å². The van der Waals surface area contributed by atoms with E-state index in [1.165, 1.54) is 16.2 Å². The SMILES string of the molecule is CC[C@@H](C)[C@H]1NC(=O)CN(Cc2ccc(Cl)cc2)C(=O)[C@H](CC(C)(C)C)NC(=O)Cc2ccccc2NC(=O)c2csc1n2. The zero-order chi connectivity index (χ0) is 32.0. The van der Waals surface area contributed by atoms with E-state index in [0.717, 1.165) is 12.0 Å². The number of halogens is 1. The Labute approximate surface area is 267 Å². The number of nitrogens with one attached hydrogen (secondary N) is 3. The smallest absolute Gasteiger partial charge is 0.275 e. The summed E-state index contributed by atoms with van der Waals surface area (Å²) >= 11 is 7.40. The number of anilines is 1. The molecule has 9 nitrogen and oxygen atoms in total. The first kappa shape index (κ1) is 33.1. The van der Waals surface area contributed by atoms with Gasteiger partial charge in [-0.25, -0.2) is 4.98 Å². The maximum absolute atomic E-state index is 14.2. The average molecular weight is 638 g/mol. The van der Waals surface area contributed by atoms with Crippen LogP contribution in [0.2, 0.25) is 5.02 Å². The highest BCUT2D eigenvalue weighted by molar-refractivity contribution is 7.10. The van der Waals surface area contributed by atoms with Gasteiger partial charge < -0.3 is 20.9 Å². The van der Waals surface area contributed by atoms with Crippen molar-refractivity contribution in [2.45, 2.75) is 72.5 Å². The Morgan fingerprint density at radius 3 is 2.41 bits per heavy atom. The zero-order valence-electron chi connectivity index (χ0n) is 25.8. The molecular weight excluding hydrogens is 598 g/mol. The van der Waals surface area contributed by atoms with Crippen LogP contribution in [0, 0.1) is 11.3 Å². The van der Waals surface area contributed by atoms with E-state index < -0.39 is 18.0 Å². The summed E-state index contributed by atoms with van der Waals surface area (Å²) in [5.74, 6) is -1.49. The Hall–Kier alpha value is -3.76. The minimum Gasteiger partial charge on any atom is -0.345 e. The van der Waals surface area contributed by atoms with Crippen LogP contribution in [0.15, 0.2) is 53.9 Å². The molecule has 0 spiro atoms. The predicted octanol–water partition coefficient (Wildman–Crippen LogP) is 5.76. The standard InChI is InChI=1S/C33H40ClN5O4S/c1-6-20(2)29-31-37-26(19-44-31)30(42)36-24-10-8-7-9-22(24)15-27(40)35-25(16-33(3,4)5)32(43)39(18-28(41)38-29)17-21-11-13-23(34)14-12-21/h7-14,19-20,25,29H,6,15-18H2,1-5H3,(H,35,40)(H,36,42)(H,38,41)/t20-,25+,29-/m1/s1. The quantitative estimate of drug-likeness (QED) is 0.329. The number of hydrogen-bond donors (Lipinski definition) is 3. The Kier molecular flexibility index (Phi) is 10.8. The lowest BCUT2D eigenvalue weighted by atomic mass is 9.87. The monoisotopic (exact) mass is 637 g/mol. The van der Waals surface area contributed by atoms with Crippen LogP contribution in [0.4, 0.5) is 5.69 Å². The average Bonchev–Trinajstić information content (AvgIpc) is 3.46. The first-order chi connectivity index (χ1) is 20.8. The van der Waals surface area contributed by atoms with Crippen molar-refractivity contribution < 1.29 is 19.2 Å². The minimum atomic E-state index is -0.883. The Morgan fingerprint density at radius 2 is 1.73 bits per heavy atom. The molecule has 11 heteroatoms. The van der Waals surface area contributed by atoms with E-state index in [-0.39, 0.29) is 54.3 Å². The number of thiazole rings is 1. The highest BCUT2D eigenvalue weighted by atomic mass is 35.5. The van der Waals surface area contributed by atoms with Crippen molar-refractivity contribution in [3.63, 3.8) is 0 Å². The minimum absolute atomic E-state index is 0.0113. The van der Waals surface area contributed by atoms with Gasteiger partial charge >= 0.3 is 0 Å². The van der Waals surface area contributed by atoms with Crippen LogP contribution in [-0.4, -0.2) is 46.1 Å². The first-order valence-electron chi connectivity index (χ1n) is 14.8. The summed E-state index contributed by atoms with van der Waals surface area (Å²) in [5, 5.41) is 11.7. The predicted molar refractivity (Wildman–Crippen MR) is 173 cm³/mol. The third-order valence-corrected chi connectivity index (χ3v) is 8.73. The van der Waals surface area contributed by atoms with Crippen molar-refractivity contribution in [3.05, 3.63) is 80.8 Å². The maximum atomic E-state index is 14.2. The van der Waals surface area contributed by atoms with Crippen LogP contribution >= 0.6 is 22.9 Å². The number of carbonyl (C=O) groups excluding carboxylic acids is 4. The van der Waals surface area contributed by atoms with Crippen molar-refractivity contribution in [1.29, 1.82) is 0 Å². The molecule has 2 heterocycles. The van der Waals surface area contributed by atoms with Gasteiger partial charge in [0.2, 0.25) is 17.7 Å². The van der Waals surface area contributed by atoms with Gasteiger partial charge in [-0.3, -0.25) is 19.2 Å². The molecule has 3 aromatic rings. The number of nitrogens with zero attached hydrogens (tertiary/aromatic N) is 2. The largest absolute Gasteiger partial charge is 0.345 e. The van der Waals surface area contributed by atoms with E-state index in [9.17, 15) is 19.2 Å². The molecular formula is C33H40ClN5O4S. The molecule has 0 radical (unpaired) electrons. The third-order valence-electron chi connectivity index (χ3n) is 7.55. The van der Waals surface area contributed by atoms with E-state index >= 15 is 0 Å². The van der Waals surface area contributed by atoms with Crippen molar-refractivity contribution in [3.8, 4) is 0 Å². The number of benzene rings is 2. The van der Waals surface area contributed by atoms with Crippen LogP contribution in [0.25, 0.3) is 0 Å². The number of para-hydroxylation sites is 1. The Balaban J connectivity index is 1.77. The first-order valence-corrected chi connectivity index (χ1v) is 16.1. The molecule has 2 bridgehead atoms. The molecule has 44 heavy (non-hydrogen) atoms. The molecule has 0 fully saturated rings. The third kappa shape index (κ3) is 8.89. The van der Waals surface area contributed by atoms with Gasteiger partial charge in [-0.05, 0) is 47.1 Å². The summed E-state index contributed by atoms with van der Waals surface area (Å²) in [4.78, 5) is 60.6. The number of rotatable bonds is 5. The molecule has 4 rings (SSSR count). The number of amides is 4. The highest BCUT2D eigenvalue weighted by Gasteiger charge is 2.33. The topological polar surface area (TPSA) is 121 Å². The van der Waals surface area contributed by atoms with Crippen molar-refractivity contribution in [2.75, 3.05) is 11.9 Å². The molecule has 0 saturated carbocycles. The van der Waals surface area contributed by atoms with Gasteiger partial charge in [-0.2, -0.15) is 0 Å². The maximum Gasteiger partial charge on any atom is 0.275 e. The van der Waals surface area contributed by atoms with Gasteiger partial charge in [0.25, 0.3) is 5.91 Å². The normalized spacial score (nSPS) is 19.4. The number of carbonyl (C=O) groups is 4. The molecule has 0 unspecified atom stereocenters. The molecule has 3 N–H and O–H groups in total. The highest BCUT2D eigenvalue weighted by Crippen LogP contribution is 2.29. The number of hydrogen-bond acceptors (Lipinski definition) is 6. The van der Waals surface area contributed by atoms with Gasteiger partial charge in [0.15, 0.2) is 0 Å². The van der Waals surface area contributed by atoms with Crippen molar-refractivity contribution in [1.82, 2.24) is 20.5 Å². The molecule has 4 amide bonds. The van der Waals surface area contributed by atoms with Crippen LogP contribution in [-0.2, 0) is 27.3 Å². The Morgan fingerprint density at radius 1 is 1.02 bits per heavy atom. The second kappa shape index (κ2) is 14.3. The van der Waals surface area contributed by atoms with Gasteiger partial charge in [-0.15, -0.1) is 11.3 Å². The lowest BCUT2D eigenvalue weighted by Gasteiger charge is -2.32. The zero-order valence-corrected chi connectivity index (χ0v) is 27.3. The molecule has 3 atom stereocenters. The molecule has 1 aliphatic heterocycles. The second-order valence-corrected chi connectivity index (χ2v) is 13.8. The fraction of sp³-hybridized carbons (Fsp3) is 0.424. The number of aromatic nitrogens is 1. The summed E-state index contributed by atoms with van der Waals surface area (Å²) in [6.07, 6.45) is 1.05. The van der Waals surface area contributed by atoms with E-state index in [1.54, 1.807) is 41.8 Å². The van der Waals surface area contributed by atoms with E-state index in [1.807, 2.05) is 46.8 Å². The fourth-order valence-electron chi connectivity index (χ4n) is 5.07. The lowest BCUT2D eigenvalue weighted by molar-refractivity contribution is -0.141. The Bertz CT molecular complexity index is 1500. The van der Waals surface area contributed by atoms with Crippen molar-refractivity contribution in [2.24, 2.45) is 11.3 Å². The lowest BCUT2D eigenvalue weighted by Crippen LogP contribution is -2.52. The summed E-state index contributed by atoms with van der Waals surface area (Å²) in [6.45, 7) is 9.94. The molecule has 1 aromatic heterocycles. The second-order valence-electron chi connectivity index (χ2n) is 12.5. The summed E-state index contributed by atoms with van der Waals surface area (Å²) < 4.78 is 0. The van der Waals surface area contributed by atoms with Gasteiger partial charge in [0, 0.05) is 22.6 Å². The summed E-state index contributed by atoms with van der Waals surface area (Å²) in [7, 11) is 0. The van der Waals surface area contributed by atoms with Crippen LogP contribution in [0.3, 0.4) is 0 Å². The molecule has 234 valence electrons. The van der Waals surface area contributed by atoms with E-state index in [4.69, 9.17) is 11.6 Å². The number of fused-ring (bicyclic) bond motifs is 3. The van der Waals surface area contributed by atoms with Crippen LogP contribution in [0.5, 0.6) is 0 Å².